The fraction of sp³-hybridized carbons (Fsp3) is 0.619. The molecule has 0 saturated heterocycles. The highest BCUT2D eigenvalue weighted by Gasteiger charge is 2.43. The standard InChI is InChI=1S/C21H27F3N6O2/c1-25-19-14-4-2-3-5-17(14)29-30(19)9-8-13(11-31)26-20(32)18-15-10-12(21(22,23)24)6-7-16(15)27-28-18/h11-13,25H,2-10H2,1H3,(H,26,32)(H,27,28). The Labute approximate surface area is 183 Å². The number of aromatic nitrogens is 4. The van der Waals surface area contributed by atoms with Crippen molar-refractivity contribution in [3.05, 3.63) is 28.2 Å². The van der Waals surface area contributed by atoms with Gasteiger partial charge in [0.1, 0.15) is 12.1 Å². The van der Waals surface area contributed by atoms with E-state index < -0.39 is 24.0 Å². The largest absolute Gasteiger partial charge is 0.392 e. The van der Waals surface area contributed by atoms with Crippen molar-refractivity contribution in [2.45, 2.75) is 70.1 Å². The molecule has 0 bridgehead atoms. The summed E-state index contributed by atoms with van der Waals surface area (Å²) in [5.41, 5.74) is 3.05. The summed E-state index contributed by atoms with van der Waals surface area (Å²) in [6, 6.07) is -0.803. The predicted octanol–water partition coefficient (Wildman–Crippen LogP) is 2.58. The van der Waals surface area contributed by atoms with Gasteiger partial charge in [0.2, 0.25) is 0 Å². The summed E-state index contributed by atoms with van der Waals surface area (Å²) in [6.07, 6.45) is 0.603. The summed E-state index contributed by atoms with van der Waals surface area (Å²) in [7, 11) is 1.83. The minimum absolute atomic E-state index is 0.0294. The van der Waals surface area contributed by atoms with Crippen molar-refractivity contribution in [3.8, 4) is 0 Å². The molecule has 2 aromatic heterocycles. The molecule has 2 aliphatic carbocycles. The highest BCUT2D eigenvalue weighted by Crippen LogP contribution is 2.37. The molecular formula is C21H27F3N6O2. The number of aryl methyl sites for hydroxylation is 3. The monoisotopic (exact) mass is 452 g/mol. The van der Waals surface area contributed by atoms with Gasteiger partial charge in [-0.15, -0.1) is 0 Å². The summed E-state index contributed by atoms with van der Waals surface area (Å²) in [6.45, 7) is 0.418. The number of fused-ring (bicyclic) bond motifs is 2. The van der Waals surface area contributed by atoms with Gasteiger partial charge in [0.15, 0.2) is 5.69 Å². The fourth-order valence-electron chi connectivity index (χ4n) is 4.68. The van der Waals surface area contributed by atoms with Crippen LogP contribution >= 0.6 is 0 Å². The second-order valence-corrected chi connectivity index (χ2v) is 8.47. The van der Waals surface area contributed by atoms with Gasteiger partial charge < -0.3 is 15.4 Å². The number of carbonyl (C=O) groups excluding carboxylic acids is 2. The van der Waals surface area contributed by atoms with E-state index in [1.165, 1.54) is 5.56 Å². The van der Waals surface area contributed by atoms with Crippen LogP contribution in [-0.4, -0.2) is 51.4 Å². The van der Waals surface area contributed by atoms with Gasteiger partial charge in [-0.05, 0) is 51.4 Å². The van der Waals surface area contributed by atoms with Crippen LogP contribution in [0.1, 0.15) is 58.7 Å². The molecule has 3 N–H and O–H groups in total. The molecule has 0 radical (unpaired) electrons. The summed E-state index contributed by atoms with van der Waals surface area (Å²) < 4.78 is 41.3. The molecule has 11 heteroatoms. The number of halogens is 3. The average Bonchev–Trinajstić information content (AvgIpc) is 3.36. The predicted molar refractivity (Wildman–Crippen MR) is 111 cm³/mol. The van der Waals surface area contributed by atoms with Crippen LogP contribution in [0.3, 0.4) is 0 Å². The fourth-order valence-corrected chi connectivity index (χ4v) is 4.68. The second kappa shape index (κ2) is 8.95. The summed E-state index contributed by atoms with van der Waals surface area (Å²) in [4.78, 5) is 24.3. The Morgan fingerprint density at radius 3 is 2.78 bits per heavy atom. The van der Waals surface area contributed by atoms with Gasteiger partial charge in [0, 0.05) is 30.4 Å². The van der Waals surface area contributed by atoms with Crippen LogP contribution in [0, 0.1) is 5.92 Å². The number of hydrogen-bond donors (Lipinski definition) is 3. The first-order chi connectivity index (χ1) is 15.3. The zero-order chi connectivity index (χ0) is 22.9. The van der Waals surface area contributed by atoms with Crippen LogP contribution in [0.25, 0.3) is 0 Å². The summed E-state index contributed by atoms with van der Waals surface area (Å²) in [5.74, 6) is -1.21. The third kappa shape index (κ3) is 4.37. The number of H-pyrrole nitrogens is 1. The SMILES string of the molecule is CNc1c2c(nn1CCC(C=O)NC(=O)c1n[nH]c3c1CC(C(F)(F)F)CC3)CCCC2. The molecule has 32 heavy (non-hydrogen) atoms. The number of nitrogens with one attached hydrogen (secondary N) is 3. The van der Waals surface area contributed by atoms with Crippen molar-refractivity contribution in [2.75, 3.05) is 12.4 Å². The minimum atomic E-state index is -4.32. The Hall–Kier alpha value is -2.85. The van der Waals surface area contributed by atoms with Crippen molar-refractivity contribution in [1.82, 2.24) is 25.3 Å². The number of anilines is 1. The highest BCUT2D eigenvalue weighted by atomic mass is 19.4. The molecule has 2 unspecified atom stereocenters. The van der Waals surface area contributed by atoms with Crippen LogP contribution < -0.4 is 10.6 Å². The first kappa shape index (κ1) is 22.3. The number of hydrogen-bond acceptors (Lipinski definition) is 5. The van der Waals surface area contributed by atoms with Gasteiger partial charge in [-0.25, -0.2) is 4.68 Å². The Bertz CT molecular complexity index is 997. The van der Waals surface area contributed by atoms with E-state index in [-0.39, 0.29) is 30.5 Å². The van der Waals surface area contributed by atoms with Crippen molar-refractivity contribution in [3.63, 3.8) is 0 Å². The molecule has 0 aliphatic heterocycles. The van der Waals surface area contributed by atoms with Crippen molar-refractivity contribution in [1.29, 1.82) is 0 Å². The first-order valence-corrected chi connectivity index (χ1v) is 11.0. The Morgan fingerprint density at radius 2 is 2.06 bits per heavy atom. The van der Waals surface area contributed by atoms with Crippen LogP contribution in [0.4, 0.5) is 19.0 Å². The molecule has 0 saturated carbocycles. The van der Waals surface area contributed by atoms with Crippen LogP contribution in [0.2, 0.25) is 0 Å². The third-order valence-corrected chi connectivity index (χ3v) is 6.42. The maximum absolute atomic E-state index is 13.2. The lowest BCUT2D eigenvalue weighted by atomic mass is 9.86. The Kier molecular flexibility index (Phi) is 6.25. The van der Waals surface area contributed by atoms with E-state index in [2.05, 4.69) is 25.9 Å². The zero-order valence-corrected chi connectivity index (χ0v) is 17.9. The molecule has 1 amide bonds. The molecule has 0 fully saturated rings. The molecule has 0 spiro atoms. The van der Waals surface area contributed by atoms with E-state index in [1.807, 2.05) is 11.7 Å². The van der Waals surface area contributed by atoms with Gasteiger partial charge >= 0.3 is 6.18 Å². The molecule has 174 valence electrons. The van der Waals surface area contributed by atoms with Crippen molar-refractivity contribution >= 4 is 18.0 Å². The van der Waals surface area contributed by atoms with Gasteiger partial charge in [0.25, 0.3) is 5.91 Å². The summed E-state index contributed by atoms with van der Waals surface area (Å²) >= 11 is 0. The molecule has 2 aromatic rings. The minimum Gasteiger partial charge on any atom is -0.373 e. The van der Waals surface area contributed by atoms with E-state index in [9.17, 15) is 22.8 Å². The van der Waals surface area contributed by atoms with Crippen LogP contribution in [0.15, 0.2) is 0 Å². The Balaban J connectivity index is 1.42. The van der Waals surface area contributed by atoms with Gasteiger partial charge in [-0.2, -0.15) is 23.4 Å². The lowest BCUT2D eigenvalue weighted by Crippen LogP contribution is -2.38. The molecule has 2 atom stereocenters. The van der Waals surface area contributed by atoms with Crippen LogP contribution in [0.5, 0.6) is 0 Å². The number of aromatic amines is 1. The number of nitrogens with zero attached hydrogens (tertiary/aromatic N) is 3. The average molecular weight is 452 g/mol. The number of alkyl halides is 3. The zero-order valence-electron chi connectivity index (χ0n) is 17.9. The van der Waals surface area contributed by atoms with E-state index in [0.29, 0.717) is 24.9 Å². The third-order valence-electron chi connectivity index (χ3n) is 6.42. The van der Waals surface area contributed by atoms with Crippen LogP contribution in [-0.2, 0) is 37.0 Å². The number of rotatable bonds is 7. The first-order valence-electron chi connectivity index (χ1n) is 11.0. The number of amides is 1. The van der Waals surface area contributed by atoms with Gasteiger partial charge in [-0.1, -0.05) is 0 Å². The van der Waals surface area contributed by atoms with E-state index in [4.69, 9.17) is 0 Å². The lowest BCUT2D eigenvalue weighted by Gasteiger charge is -2.24. The van der Waals surface area contributed by atoms with Gasteiger partial charge in [0.05, 0.1) is 17.7 Å². The molecule has 8 nitrogen and oxygen atoms in total. The highest BCUT2D eigenvalue weighted by molar-refractivity contribution is 5.95. The molecule has 2 heterocycles. The van der Waals surface area contributed by atoms with Crippen molar-refractivity contribution < 1.29 is 22.8 Å². The maximum atomic E-state index is 13.2. The second-order valence-electron chi connectivity index (χ2n) is 8.47. The topological polar surface area (TPSA) is 105 Å². The van der Waals surface area contributed by atoms with E-state index in [1.54, 1.807) is 0 Å². The normalized spacial score (nSPS) is 19.1. The van der Waals surface area contributed by atoms with E-state index >= 15 is 0 Å². The Morgan fingerprint density at radius 1 is 1.28 bits per heavy atom. The molecule has 4 rings (SSSR count). The summed E-state index contributed by atoms with van der Waals surface area (Å²) in [5, 5.41) is 17.1. The maximum Gasteiger partial charge on any atom is 0.392 e. The lowest BCUT2D eigenvalue weighted by molar-refractivity contribution is -0.177. The van der Waals surface area contributed by atoms with Gasteiger partial charge in [-0.3, -0.25) is 9.89 Å². The molecular weight excluding hydrogens is 425 g/mol. The molecule has 2 aliphatic rings. The van der Waals surface area contributed by atoms with Crippen molar-refractivity contribution in [2.24, 2.45) is 5.92 Å². The molecule has 0 aromatic carbocycles. The number of aldehydes is 1. The number of carbonyl (C=O) groups is 2. The van der Waals surface area contributed by atoms with E-state index in [0.717, 1.165) is 37.2 Å². The quantitative estimate of drug-likeness (QED) is 0.560. The smallest absolute Gasteiger partial charge is 0.373 e.